The van der Waals surface area contributed by atoms with Crippen LogP contribution in [0.4, 0.5) is 0 Å². The zero-order chi connectivity index (χ0) is 31.9. The monoisotopic (exact) mass is 606 g/mol. The van der Waals surface area contributed by atoms with Crippen LogP contribution in [-0.4, -0.2) is 18.2 Å². The van der Waals surface area contributed by atoms with Crippen LogP contribution in [0.15, 0.2) is 97.1 Å². The molecular formula is C41H50O4. The normalized spacial score (nSPS) is 12.4. The summed E-state index contributed by atoms with van der Waals surface area (Å²) in [6, 6.07) is 31.5. The molecule has 0 aliphatic heterocycles. The van der Waals surface area contributed by atoms with Crippen LogP contribution in [0.5, 0.6) is 17.2 Å². The number of hydrogen-bond donors (Lipinski definition) is 0. The van der Waals surface area contributed by atoms with Crippen molar-refractivity contribution in [3.8, 4) is 39.5 Å². The summed E-state index contributed by atoms with van der Waals surface area (Å²) >= 11 is 0. The first-order valence-electron chi connectivity index (χ1n) is 16.9. The van der Waals surface area contributed by atoms with E-state index in [9.17, 15) is 4.79 Å². The van der Waals surface area contributed by atoms with E-state index >= 15 is 0 Å². The smallest absolute Gasteiger partial charge is 0.343 e. The highest BCUT2D eigenvalue weighted by Gasteiger charge is 2.11. The Labute approximate surface area is 270 Å². The first-order valence-corrected chi connectivity index (χ1v) is 16.9. The Morgan fingerprint density at radius 1 is 0.489 bits per heavy atom. The van der Waals surface area contributed by atoms with Crippen LogP contribution in [0, 0.1) is 0 Å². The fourth-order valence-corrected chi connectivity index (χ4v) is 5.43. The summed E-state index contributed by atoms with van der Waals surface area (Å²) in [6.45, 7) is 8.74. The van der Waals surface area contributed by atoms with Gasteiger partial charge in [0.25, 0.3) is 0 Å². The molecule has 0 saturated carbocycles. The van der Waals surface area contributed by atoms with E-state index in [-0.39, 0.29) is 18.2 Å². The highest BCUT2D eigenvalue weighted by Crippen LogP contribution is 2.27. The predicted octanol–water partition coefficient (Wildman–Crippen LogP) is 11.7. The summed E-state index contributed by atoms with van der Waals surface area (Å²) in [7, 11) is 0. The van der Waals surface area contributed by atoms with Gasteiger partial charge in [-0.25, -0.2) is 4.79 Å². The highest BCUT2D eigenvalue weighted by atomic mass is 16.5. The van der Waals surface area contributed by atoms with Crippen molar-refractivity contribution < 1.29 is 19.0 Å². The van der Waals surface area contributed by atoms with Crippen molar-refractivity contribution in [2.24, 2.45) is 0 Å². The molecule has 0 unspecified atom stereocenters. The molecule has 0 radical (unpaired) electrons. The summed E-state index contributed by atoms with van der Waals surface area (Å²) in [4.78, 5) is 12.8. The molecule has 2 atom stereocenters. The maximum absolute atomic E-state index is 12.8. The largest absolute Gasteiger partial charge is 0.491 e. The third-order valence-corrected chi connectivity index (χ3v) is 8.16. The third-order valence-electron chi connectivity index (χ3n) is 8.16. The van der Waals surface area contributed by atoms with Gasteiger partial charge in [-0.05, 0) is 110 Å². The van der Waals surface area contributed by atoms with E-state index in [1.165, 1.54) is 51.4 Å². The first kappa shape index (κ1) is 33.8. The minimum absolute atomic E-state index is 0.208. The quantitative estimate of drug-likeness (QED) is 0.0642. The molecule has 45 heavy (non-hydrogen) atoms. The SMILES string of the molecule is CCCCCC[C@H](C)Oc1ccc(-c2ccc(OC(=O)c3ccc(-c4ccc(O[C@@H](C)CCCCCC)cc4)cc3)cc2)cc1. The summed E-state index contributed by atoms with van der Waals surface area (Å²) in [6.07, 6.45) is 12.6. The maximum Gasteiger partial charge on any atom is 0.343 e. The van der Waals surface area contributed by atoms with Crippen molar-refractivity contribution in [3.63, 3.8) is 0 Å². The van der Waals surface area contributed by atoms with Gasteiger partial charge in [0, 0.05) is 0 Å². The molecular weight excluding hydrogens is 556 g/mol. The van der Waals surface area contributed by atoms with Crippen LogP contribution in [0.25, 0.3) is 22.3 Å². The average molecular weight is 607 g/mol. The fourth-order valence-electron chi connectivity index (χ4n) is 5.43. The van der Waals surface area contributed by atoms with E-state index in [0.29, 0.717) is 11.3 Å². The van der Waals surface area contributed by atoms with Crippen LogP contribution in [-0.2, 0) is 0 Å². The molecule has 0 heterocycles. The molecule has 0 aromatic heterocycles. The van der Waals surface area contributed by atoms with Crippen LogP contribution < -0.4 is 14.2 Å². The topological polar surface area (TPSA) is 44.8 Å². The van der Waals surface area contributed by atoms with Gasteiger partial charge >= 0.3 is 5.97 Å². The molecule has 238 valence electrons. The zero-order valence-electron chi connectivity index (χ0n) is 27.6. The summed E-state index contributed by atoms with van der Waals surface area (Å²) < 4.78 is 17.9. The van der Waals surface area contributed by atoms with E-state index < -0.39 is 0 Å². The molecule has 4 heteroatoms. The van der Waals surface area contributed by atoms with E-state index in [0.717, 1.165) is 46.6 Å². The molecule has 0 aliphatic carbocycles. The second-order valence-corrected chi connectivity index (χ2v) is 12.1. The molecule has 4 aromatic carbocycles. The summed E-state index contributed by atoms with van der Waals surface area (Å²) in [5.41, 5.74) is 4.76. The zero-order valence-corrected chi connectivity index (χ0v) is 27.6. The van der Waals surface area contributed by atoms with Gasteiger partial charge in [-0.3, -0.25) is 0 Å². The number of rotatable bonds is 18. The molecule has 0 aliphatic rings. The van der Waals surface area contributed by atoms with E-state index in [1.807, 2.05) is 72.8 Å². The van der Waals surface area contributed by atoms with Crippen molar-refractivity contribution >= 4 is 5.97 Å². The molecule has 4 rings (SSSR count). The van der Waals surface area contributed by atoms with Gasteiger partial charge < -0.3 is 14.2 Å². The number of esters is 1. The van der Waals surface area contributed by atoms with E-state index in [1.54, 1.807) is 0 Å². The first-order chi connectivity index (χ1) is 21.9. The van der Waals surface area contributed by atoms with Crippen molar-refractivity contribution in [1.82, 2.24) is 0 Å². The Kier molecular flexibility index (Phi) is 13.6. The molecule has 0 bridgehead atoms. The molecule has 4 nitrogen and oxygen atoms in total. The Hall–Kier alpha value is -4.05. The van der Waals surface area contributed by atoms with Gasteiger partial charge in [0.15, 0.2) is 0 Å². The molecule has 0 amide bonds. The molecule has 0 N–H and O–H groups in total. The Bertz CT molecular complexity index is 1410. The molecule has 4 aromatic rings. The van der Waals surface area contributed by atoms with Crippen LogP contribution in [0.1, 0.15) is 102 Å². The van der Waals surface area contributed by atoms with Crippen molar-refractivity contribution in [2.75, 3.05) is 0 Å². The number of carbonyl (C=O) groups is 1. The van der Waals surface area contributed by atoms with E-state index in [4.69, 9.17) is 14.2 Å². The van der Waals surface area contributed by atoms with Crippen LogP contribution >= 0.6 is 0 Å². The van der Waals surface area contributed by atoms with Crippen LogP contribution in [0.2, 0.25) is 0 Å². The number of unbranched alkanes of at least 4 members (excludes halogenated alkanes) is 6. The van der Waals surface area contributed by atoms with Gasteiger partial charge in [-0.1, -0.05) is 101 Å². The second kappa shape index (κ2) is 18.0. The Morgan fingerprint density at radius 2 is 0.844 bits per heavy atom. The lowest BCUT2D eigenvalue weighted by molar-refractivity contribution is 0.0734. The maximum atomic E-state index is 12.8. The minimum Gasteiger partial charge on any atom is -0.491 e. The van der Waals surface area contributed by atoms with Gasteiger partial charge in [0.1, 0.15) is 17.2 Å². The van der Waals surface area contributed by atoms with Crippen LogP contribution in [0.3, 0.4) is 0 Å². The average Bonchev–Trinajstić information content (AvgIpc) is 3.06. The summed E-state index contributed by atoms with van der Waals surface area (Å²) in [5.74, 6) is 1.91. The fraction of sp³-hybridized carbons (Fsp3) is 0.390. The predicted molar refractivity (Wildman–Crippen MR) is 186 cm³/mol. The molecule has 0 saturated heterocycles. The number of ether oxygens (including phenoxy) is 3. The second-order valence-electron chi connectivity index (χ2n) is 12.1. The van der Waals surface area contributed by atoms with Gasteiger partial charge in [0.05, 0.1) is 17.8 Å². The van der Waals surface area contributed by atoms with Crippen molar-refractivity contribution in [3.05, 3.63) is 103 Å². The van der Waals surface area contributed by atoms with Gasteiger partial charge in [-0.2, -0.15) is 0 Å². The lowest BCUT2D eigenvalue weighted by Crippen LogP contribution is -2.11. The van der Waals surface area contributed by atoms with Gasteiger partial charge in [-0.15, -0.1) is 0 Å². The third kappa shape index (κ3) is 11.1. The summed E-state index contributed by atoms with van der Waals surface area (Å²) in [5, 5.41) is 0. The minimum atomic E-state index is -0.378. The van der Waals surface area contributed by atoms with E-state index in [2.05, 4.69) is 52.0 Å². The highest BCUT2D eigenvalue weighted by molar-refractivity contribution is 5.91. The van der Waals surface area contributed by atoms with Gasteiger partial charge in [0.2, 0.25) is 0 Å². The van der Waals surface area contributed by atoms with Crippen molar-refractivity contribution in [1.29, 1.82) is 0 Å². The molecule has 0 spiro atoms. The molecule has 0 fully saturated rings. The lowest BCUT2D eigenvalue weighted by Gasteiger charge is -2.15. The number of benzene rings is 4. The number of carbonyl (C=O) groups excluding carboxylic acids is 1. The Morgan fingerprint density at radius 3 is 1.22 bits per heavy atom. The van der Waals surface area contributed by atoms with Crippen molar-refractivity contribution in [2.45, 2.75) is 104 Å². The Balaban J connectivity index is 1.25. The number of hydrogen-bond acceptors (Lipinski definition) is 4. The lowest BCUT2D eigenvalue weighted by atomic mass is 10.0. The standard InChI is InChI=1S/C41H50O4/c1-5-7-9-11-13-31(3)43-38-25-19-34(20-26-38)33-15-17-37(18-16-33)41(42)45-40-29-23-36(24-30-40)35-21-27-39(28-22-35)44-32(4)14-12-10-8-6-2/h15-32H,5-14H2,1-4H3/t31-,32-/m0/s1.